The summed E-state index contributed by atoms with van der Waals surface area (Å²) in [5.41, 5.74) is 2.71. The summed E-state index contributed by atoms with van der Waals surface area (Å²) in [7, 11) is 0. The van der Waals surface area contributed by atoms with Gasteiger partial charge in [0.15, 0.2) is 5.43 Å². The van der Waals surface area contributed by atoms with Crippen LogP contribution in [0.3, 0.4) is 0 Å². The Kier molecular flexibility index (Phi) is 5.69. The number of aryl methyl sites for hydroxylation is 2. The topological polar surface area (TPSA) is 17.1 Å². The van der Waals surface area contributed by atoms with Gasteiger partial charge in [0, 0.05) is 20.2 Å². The number of fused-ring (bicyclic) bond motifs is 4. The maximum Gasteiger partial charge on any atom is 0.195 e. The summed E-state index contributed by atoms with van der Waals surface area (Å²) in [4.78, 5) is 13.2. The highest BCUT2D eigenvalue weighted by Crippen LogP contribution is 2.34. The summed E-state index contributed by atoms with van der Waals surface area (Å²) in [6, 6.07) is 17.8. The quantitative estimate of drug-likeness (QED) is 0.241. The third-order valence-corrected chi connectivity index (χ3v) is 7.64. The van der Waals surface area contributed by atoms with E-state index in [1.165, 1.54) is 59.7 Å². The summed E-state index contributed by atoms with van der Waals surface area (Å²) in [5.74, 6) is -0.367. The van der Waals surface area contributed by atoms with Crippen LogP contribution in [0, 0.1) is 5.82 Å². The fourth-order valence-electron chi connectivity index (χ4n) is 4.71. The molecular formula is C29H27FOS. The zero-order chi connectivity index (χ0) is 22.2. The van der Waals surface area contributed by atoms with Crippen LogP contribution in [-0.2, 0) is 12.8 Å². The highest BCUT2D eigenvalue weighted by Gasteiger charge is 2.12. The van der Waals surface area contributed by atoms with Crippen LogP contribution in [0.15, 0.2) is 59.4 Å². The van der Waals surface area contributed by atoms with Crippen LogP contribution < -0.4 is 5.43 Å². The number of halogens is 1. The Morgan fingerprint density at radius 2 is 1.25 bits per heavy atom. The van der Waals surface area contributed by atoms with Crippen molar-refractivity contribution in [3.8, 4) is 0 Å². The number of benzene rings is 4. The molecule has 0 amide bonds. The molecule has 0 fully saturated rings. The van der Waals surface area contributed by atoms with E-state index in [9.17, 15) is 9.18 Å². The minimum Gasteiger partial charge on any atom is -0.289 e. The molecule has 0 spiro atoms. The molecule has 5 rings (SSSR count). The fraction of sp³-hybridized carbons (Fsp3) is 0.276. The van der Waals surface area contributed by atoms with Crippen LogP contribution in [-0.4, -0.2) is 0 Å². The lowest BCUT2D eigenvalue weighted by Gasteiger charge is -2.13. The van der Waals surface area contributed by atoms with Gasteiger partial charge in [0.05, 0.1) is 0 Å². The third-order valence-electron chi connectivity index (χ3n) is 6.50. The fourth-order valence-corrected chi connectivity index (χ4v) is 5.79. The van der Waals surface area contributed by atoms with Gasteiger partial charge in [-0.2, -0.15) is 0 Å². The second-order valence-corrected chi connectivity index (χ2v) is 9.84. The van der Waals surface area contributed by atoms with Gasteiger partial charge >= 0.3 is 0 Å². The SMILES string of the molecule is CCCCc1ccc(CCCC)c2cc3cc4c(=O)c5cc(F)ccc5sc4cc3cc12. The molecule has 0 aliphatic heterocycles. The van der Waals surface area contributed by atoms with E-state index in [0.717, 1.165) is 33.0 Å². The lowest BCUT2D eigenvalue weighted by molar-refractivity contribution is 0.630. The zero-order valence-electron chi connectivity index (χ0n) is 18.6. The zero-order valence-corrected chi connectivity index (χ0v) is 19.4. The highest BCUT2D eigenvalue weighted by molar-refractivity contribution is 7.24. The first-order chi connectivity index (χ1) is 15.6. The lowest BCUT2D eigenvalue weighted by Crippen LogP contribution is -2.01. The van der Waals surface area contributed by atoms with Crippen molar-refractivity contribution in [3.05, 3.63) is 81.8 Å². The predicted molar refractivity (Wildman–Crippen MR) is 138 cm³/mol. The molecule has 1 aromatic heterocycles. The molecule has 162 valence electrons. The molecular weight excluding hydrogens is 415 g/mol. The van der Waals surface area contributed by atoms with E-state index < -0.39 is 0 Å². The van der Waals surface area contributed by atoms with Crippen molar-refractivity contribution in [2.45, 2.75) is 52.4 Å². The van der Waals surface area contributed by atoms with Crippen LogP contribution in [0.4, 0.5) is 4.39 Å². The summed E-state index contributed by atoms with van der Waals surface area (Å²) >= 11 is 1.56. The monoisotopic (exact) mass is 442 g/mol. The van der Waals surface area contributed by atoms with Gasteiger partial charge in [-0.15, -0.1) is 11.3 Å². The minimum absolute atomic E-state index is 0.0850. The van der Waals surface area contributed by atoms with Gasteiger partial charge in [-0.3, -0.25) is 4.79 Å². The van der Waals surface area contributed by atoms with E-state index in [1.807, 2.05) is 6.07 Å². The van der Waals surface area contributed by atoms with Crippen molar-refractivity contribution in [1.29, 1.82) is 0 Å². The predicted octanol–water partition coefficient (Wildman–Crippen LogP) is 8.55. The van der Waals surface area contributed by atoms with Crippen molar-refractivity contribution < 1.29 is 4.39 Å². The molecule has 0 radical (unpaired) electrons. The van der Waals surface area contributed by atoms with Crippen molar-refractivity contribution in [1.82, 2.24) is 0 Å². The van der Waals surface area contributed by atoms with Crippen molar-refractivity contribution in [3.63, 3.8) is 0 Å². The van der Waals surface area contributed by atoms with Crippen LogP contribution in [0.5, 0.6) is 0 Å². The lowest BCUT2D eigenvalue weighted by atomic mass is 9.91. The molecule has 0 unspecified atom stereocenters. The average Bonchev–Trinajstić information content (AvgIpc) is 2.80. The average molecular weight is 443 g/mol. The molecule has 4 aromatic carbocycles. The second kappa shape index (κ2) is 8.63. The standard InChI is InChI=1S/C29H27FOS/c1-3-5-7-18-9-10-19(8-6-4-2)24-14-21-16-28-25(15-20(21)13-23(18)24)29(31)26-17-22(30)11-12-27(26)32-28/h9-17H,3-8H2,1-2H3. The van der Waals surface area contributed by atoms with Gasteiger partial charge in [0.25, 0.3) is 0 Å². The van der Waals surface area contributed by atoms with E-state index in [4.69, 9.17) is 0 Å². The van der Waals surface area contributed by atoms with Gasteiger partial charge < -0.3 is 0 Å². The van der Waals surface area contributed by atoms with Gasteiger partial charge in [0.1, 0.15) is 5.82 Å². The maximum absolute atomic E-state index is 13.8. The normalized spacial score (nSPS) is 11.8. The highest BCUT2D eigenvalue weighted by atomic mass is 32.1. The van der Waals surface area contributed by atoms with Crippen molar-refractivity contribution in [2.24, 2.45) is 0 Å². The van der Waals surface area contributed by atoms with E-state index in [1.54, 1.807) is 17.4 Å². The van der Waals surface area contributed by atoms with Crippen LogP contribution >= 0.6 is 11.3 Å². The van der Waals surface area contributed by atoms with Crippen molar-refractivity contribution in [2.75, 3.05) is 0 Å². The molecule has 0 N–H and O–H groups in total. The molecule has 1 nitrogen and oxygen atoms in total. The first-order valence-electron chi connectivity index (χ1n) is 11.6. The third kappa shape index (κ3) is 3.69. The molecule has 5 aromatic rings. The van der Waals surface area contributed by atoms with E-state index in [0.29, 0.717) is 10.8 Å². The van der Waals surface area contributed by atoms with Crippen molar-refractivity contribution >= 4 is 53.1 Å². The molecule has 0 aliphatic rings. The molecule has 0 bridgehead atoms. The van der Waals surface area contributed by atoms with Gasteiger partial charge in [-0.1, -0.05) is 38.8 Å². The van der Waals surface area contributed by atoms with E-state index in [-0.39, 0.29) is 11.2 Å². The molecule has 3 heteroatoms. The minimum atomic E-state index is -0.367. The Bertz CT molecular complexity index is 1530. The Morgan fingerprint density at radius 1 is 0.688 bits per heavy atom. The molecule has 0 atom stereocenters. The summed E-state index contributed by atoms with van der Waals surface area (Å²) < 4.78 is 15.6. The summed E-state index contributed by atoms with van der Waals surface area (Å²) in [5, 5.41) is 6.03. The number of hydrogen-bond acceptors (Lipinski definition) is 2. The summed E-state index contributed by atoms with van der Waals surface area (Å²) in [6.45, 7) is 4.46. The van der Waals surface area contributed by atoms with Crippen LogP contribution in [0.2, 0.25) is 0 Å². The Balaban J connectivity index is 1.81. The molecule has 0 saturated heterocycles. The second-order valence-electron chi connectivity index (χ2n) is 8.76. The molecule has 0 aliphatic carbocycles. The first kappa shape index (κ1) is 21.1. The first-order valence-corrected chi connectivity index (χ1v) is 12.4. The summed E-state index contributed by atoms with van der Waals surface area (Å²) in [6.07, 6.45) is 6.86. The van der Waals surface area contributed by atoms with Crippen LogP contribution in [0.1, 0.15) is 50.7 Å². The van der Waals surface area contributed by atoms with Gasteiger partial charge in [-0.25, -0.2) is 4.39 Å². The Labute approximate surface area is 191 Å². The largest absolute Gasteiger partial charge is 0.289 e. The van der Waals surface area contributed by atoms with Gasteiger partial charge in [-0.05, 0) is 101 Å². The smallest absolute Gasteiger partial charge is 0.195 e. The molecule has 0 saturated carbocycles. The number of hydrogen-bond donors (Lipinski definition) is 0. The maximum atomic E-state index is 13.8. The Morgan fingerprint density at radius 3 is 1.88 bits per heavy atom. The number of rotatable bonds is 6. The van der Waals surface area contributed by atoms with Gasteiger partial charge in [0.2, 0.25) is 0 Å². The molecule has 32 heavy (non-hydrogen) atoms. The Hall–Kier alpha value is -2.78. The number of unbranched alkanes of at least 4 members (excludes halogenated alkanes) is 2. The molecule has 1 heterocycles. The van der Waals surface area contributed by atoms with E-state index >= 15 is 0 Å². The van der Waals surface area contributed by atoms with Crippen LogP contribution in [0.25, 0.3) is 41.7 Å². The van der Waals surface area contributed by atoms with E-state index in [2.05, 4.69) is 44.2 Å².